The summed E-state index contributed by atoms with van der Waals surface area (Å²) in [4.78, 5) is 27.6. The van der Waals surface area contributed by atoms with E-state index in [2.05, 4.69) is 26.3 Å². The van der Waals surface area contributed by atoms with Crippen molar-refractivity contribution in [2.75, 3.05) is 25.0 Å². The lowest BCUT2D eigenvalue weighted by Gasteiger charge is -2.15. The number of amides is 3. The van der Waals surface area contributed by atoms with Gasteiger partial charge >= 0.3 is 6.03 Å². The van der Waals surface area contributed by atoms with Crippen LogP contribution in [0.1, 0.15) is 25.7 Å². The van der Waals surface area contributed by atoms with Gasteiger partial charge in [-0.3, -0.25) is 4.79 Å². The van der Waals surface area contributed by atoms with E-state index in [-0.39, 0.29) is 11.9 Å². The van der Waals surface area contributed by atoms with Gasteiger partial charge in [-0.2, -0.15) is 0 Å². The molecular weight excluding hydrogens is 282 g/mol. The predicted molar refractivity (Wildman–Crippen MR) is 84.5 cm³/mol. The first-order valence-electron chi connectivity index (χ1n) is 7.72. The number of carbonyl (C=O) groups excluding carboxylic acids is 2. The summed E-state index contributed by atoms with van der Waals surface area (Å²) in [6.07, 6.45) is 5.11. The van der Waals surface area contributed by atoms with Gasteiger partial charge in [-0.1, -0.05) is 6.07 Å². The number of hydrogen-bond acceptors (Lipinski definition) is 4. The number of urea groups is 1. The Morgan fingerprint density at radius 2 is 2.23 bits per heavy atom. The molecule has 0 aliphatic carbocycles. The van der Waals surface area contributed by atoms with Crippen LogP contribution in [0.4, 0.5) is 10.6 Å². The van der Waals surface area contributed by atoms with Crippen LogP contribution >= 0.6 is 0 Å². The molecule has 2 rings (SSSR count). The van der Waals surface area contributed by atoms with Crippen LogP contribution < -0.4 is 21.3 Å². The summed E-state index contributed by atoms with van der Waals surface area (Å²) in [6, 6.07) is 4.96. The van der Waals surface area contributed by atoms with Crippen molar-refractivity contribution in [2.24, 2.45) is 0 Å². The molecule has 2 heterocycles. The highest BCUT2D eigenvalue weighted by Gasteiger charge is 2.21. The van der Waals surface area contributed by atoms with Gasteiger partial charge in [0.05, 0.1) is 0 Å². The Hall–Kier alpha value is -2.31. The van der Waals surface area contributed by atoms with Crippen molar-refractivity contribution in [3.63, 3.8) is 0 Å². The van der Waals surface area contributed by atoms with E-state index in [1.165, 1.54) is 0 Å². The van der Waals surface area contributed by atoms with Crippen LogP contribution in [0, 0.1) is 0 Å². The van der Waals surface area contributed by atoms with Crippen molar-refractivity contribution in [3.05, 3.63) is 24.4 Å². The van der Waals surface area contributed by atoms with Crippen LogP contribution in [0.25, 0.3) is 0 Å². The summed E-state index contributed by atoms with van der Waals surface area (Å²) in [5, 5.41) is 11.5. The molecule has 7 nitrogen and oxygen atoms in total. The molecular formula is C15H23N5O2. The van der Waals surface area contributed by atoms with Crippen LogP contribution in [0.15, 0.2) is 24.4 Å². The van der Waals surface area contributed by atoms with Gasteiger partial charge in [0, 0.05) is 25.8 Å². The van der Waals surface area contributed by atoms with E-state index in [9.17, 15) is 9.59 Å². The van der Waals surface area contributed by atoms with Crippen molar-refractivity contribution in [3.8, 4) is 0 Å². The van der Waals surface area contributed by atoms with Crippen molar-refractivity contribution in [1.29, 1.82) is 0 Å². The second-order valence-corrected chi connectivity index (χ2v) is 5.23. The van der Waals surface area contributed by atoms with Crippen LogP contribution in [0.2, 0.25) is 0 Å². The minimum atomic E-state index is -0.422. The number of nitrogens with one attached hydrogen (secondary N) is 4. The number of nitrogens with zero attached hydrogens (tertiary/aromatic N) is 1. The van der Waals surface area contributed by atoms with Gasteiger partial charge in [-0.15, -0.1) is 0 Å². The summed E-state index contributed by atoms with van der Waals surface area (Å²) in [7, 11) is 0. The number of hydrogen-bond donors (Lipinski definition) is 4. The maximum atomic E-state index is 11.8. The Labute approximate surface area is 130 Å². The number of pyridine rings is 1. The van der Waals surface area contributed by atoms with Gasteiger partial charge in [-0.05, 0) is 37.8 Å². The first-order chi connectivity index (χ1) is 10.8. The molecule has 1 aliphatic heterocycles. The monoisotopic (exact) mass is 305 g/mol. The van der Waals surface area contributed by atoms with Crippen molar-refractivity contribution in [1.82, 2.24) is 20.9 Å². The van der Waals surface area contributed by atoms with E-state index in [1.54, 1.807) is 6.20 Å². The zero-order valence-corrected chi connectivity index (χ0v) is 12.6. The van der Waals surface area contributed by atoms with Crippen molar-refractivity contribution >= 4 is 17.8 Å². The highest BCUT2D eigenvalue weighted by molar-refractivity contribution is 5.87. The lowest BCUT2D eigenvalue weighted by Crippen LogP contribution is -2.49. The Kier molecular flexibility index (Phi) is 6.47. The summed E-state index contributed by atoms with van der Waals surface area (Å²) in [5.41, 5.74) is 0. The molecule has 7 heteroatoms. The molecule has 0 unspecified atom stereocenters. The average Bonchev–Trinajstić information content (AvgIpc) is 2.73. The largest absolute Gasteiger partial charge is 0.370 e. The maximum Gasteiger partial charge on any atom is 0.315 e. The van der Waals surface area contributed by atoms with Crippen LogP contribution in [-0.2, 0) is 4.79 Å². The van der Waals surface area contributed by atoms with Gasteiger partial charge < -0.3 is 21.3 Å². The second kappa shape index (κ2) is 8.86. The fourth-order valence-corrected chi connectivity index (χ4v) is 2.26. The molecule has 1 aliphatic rings. The van der Waals surface area contributed by atoms with E-state index in [0.717, 1.165) is 31.6 Å². The van der Waals surface area contributed by atoms with Gasteiger partial charge in [0.2, 0.25) is 5.91 Å². The van der Waals surface area contributed by atoms with E-state index < -0.39 is 6.04 Å². The first-order valence-corrected chi connectivity index (χ1v) is 7.72. The number of aromatic nitrogens is 1. The SMILES string of the molecule is O=C(NCCCNc1ccccn1)N[C@H]1CCCCNC1=O. The zero-order chi connectivity index (χ0) is 15.6. The fourth-order valence-electron chi connectivity index (χ4n) is 2.26. The van der Waals surface area contributed by atoms with Crippen molar-refractivity contribution < 1.29 is 9.59 Å². The molecule has 4 N–H and O–H groups in total. The molecule has 1 aromatic heterocycles. The van der Waals surface area contributed by atoms with Gasteiger partial charge in [0.15, 0.2) is 0 Å². The number of rotatable bonds is 6. The lowest BCUT2D eigenvalue weighted by atomic mass is 10.1. The molecule has 0 radical (unpaired) electrons. The van der Waals surface area contributed by atoms with Gasteiger partial charge in [0.1, 0.15) is 11.9 Å². The highest BCUT2D eigenvalue weighted by Crippen LogP contribution is 2.05. The summed E-state index contributed by atoms with van der Waals surface area (Å²) >= 11 is 0. The molecule has 3 amide bonds. The van der Waals surface area contributed by atoms with Gasteiger partial charge in [-0.25, -0.2) is 9.78 Å². The first kappa shape index (κ1) is 16.1. The molecule has 0 bridgehead atoms. The lowest BCUT2D eigenvalue weighted by molar-refractivity contribution is -0.122. The minimum absolute atomic E-state index is 0.0931. The Balaban J connectivity index is 1.58. The normalized spacial score (nSPS) is 18.0. The Morgan fingerprint density at radius 1 is 1.32 bits per heavy atom. The van der Waals surface area contributed by atoms with E-state index in [1.807, 2.05) is 18.2 Å². The highest BCUT2D eigenvalue weighted by atomic mass is 16.2. The van der Waals surface area contributed by atoms with E-state index in [0.29, 0.717) is 19.5 Å². The summed E-state index contributed by atoms with van der Waals surface area (Å²) in [5.74, 6) is 0.728. The molecule has 1 fully saturated rings. The smallest absolute Gasteiger partial charge is 0.315 e. The topological polar surface area (TPSA) is 95.2 Å². The molecule has 22 heavy (non-hydrogen) atoms. The molecule has 1 saturated heterocycles. The van der Waals surface area contributed by atoms with Gasteiger partial charge in [0.25, 0.3) is 0 Å². The standard InChI is InChI=1S/C15H23N5O2/c21-14-12(6-1-3-9-18-14)20-15(22)19-11-5-10-17-13-7-2-4-8-16-13/h2,4,7-8,12H,1,3,5-6,9-11H2,(H,16,17)(H,18,21)(H2,19,20,22)/t12-/m0/s1. The Bertz CT molecular complexity index is 480. The molecule has 0 aromatic carbocycles. The molecule has 0 saturated carbocycles. The number of carbonyl (C=O) groups is 2. The summed E-state index contributed by atoms with van der Waals surface area (Å²) in [6.45, 7) is 1.96. The van der Waals surface area contributed by atoms with Crippen LogP contribution in [-0.4, -0.2) is 42.6 Å². The third kappa shape index (κ3) is 5.59. The zero-order valence-electron chi connectivity index (χ0n) is 12.6. The Morgan fingerprint density at radius 3 is 3.05 bits per heavy atom. The maximum absolute atomic E-state index is 11.8. The van der Waals surface area contributed by atoms with E-state index in [4.69, 9.17) is 0 Å². The predicted octanol–water partition coefficient (Wildman–Crippen LogP) is 0.851. The molecule has 120 valence electrons. The second-order valence-electron chi connectivity index (χ2n) is 5.23. The van der Waals surface area contributed by atoms with Crippen LogP contribution in [0.5, 0.6) is 0 Å². The fraction of sp³-hybridized carbons (Fsp3) is 0.533. The molecule has 1 atom stereocenters. The number of anilines is 1. The third-order valence-corrected chi connectivity index (χ3v) is 3.45. The van der Waals surface area contributed by atoms with Crippen molar-refractivity contribution in [2.45, 2.75) is 31.7 Å². The molecule has 0 spiro atoms. The molecule has 1 aromatic rings. The summed E-state index contributed by atoms with van der Waals surface area (Å²) < 4.78 is 0. The average molecular weight is 305 g/mol. The van der Waals surface area contributed by atoms with Crippen LogP contribution in [0.3, 0.4) is 0 Å². The quantitative estimate of drug-likeness (QED) is 0.586. The third-order valence-electron chi connectivity index (χ3n) is 3.45. The van der Waals surface area contributed by atoms with E-state index >= 15 is 0 Å². The minimum Gasteiger partial charge on any atom is -0.370 e.